The molecule has 0 aliphatic carbocycles. The zero-order valence-electron chi connectivity index (χ0n) is 15.1. The first kappa shape index (κ1) is 17.3. The summed E-state index contributed by atoms with van der Waals surface area (Å²) in [6, 6.07) is 26.0. The van der Waals surface area contributed by atoms with Crippen LogP contribution in [0.2, 0.25) is 0 Å². The Kier molecular flexibility index (Phi) is 5.46. The Labute approximate surface area is 159 Å². The van der Waals surface area contributed by atoms with E-state index in [9.17, 15) is 0 Å². The van der Waals surface area contributed by atoms with Crippen LogP contribution in [0.5, 0.6) is 11.5 Å². The monoisotopic (exact) mass is 358 g/mol. The van der Waals surface area contributed by atoms with Gasteiger partial charge in [0.15, 0.2) is 0 Å². The summed E-state index contributed by atoms with van der Waals surface area (Å²) < 4.78 is 11.3. The molecule has 1 saturated heterocycles. The summed E-state index contributed by atoms with van der Waals surface area (Å²) in [5, 5.41) is 0. The van der Waals surface area contributed by atoms with Crippen LogP contribution in [0.15, 0.2) is 83.9 Å². The summed E-state index contributed by atoms with van der Waals surface area (Å²) in [5.74, 6) is 1.62. The minimum Gasteiger partial charge on any atom is -0.457 e. The second-order valence-electron chi connectivity index (χ2n) is 6.36. The summed E-state index contributed by atoms with van der Waals surface area (Å²) in [6.45, 7) is 3.47. The molecule has 0 amide bonds. The van der Waals surface area contributed by atoms with Crippen molar-refractivity contribution in [2.24, 2.45) is 4.99 Å². The first-order valence-corrected chi connectivity index (χ1v) is 9.17. The maximum atomic E-state index is 5.88. The van der Waals surface area contributed by atoms with E-state index in [1.165, 1.54) is 5.69 Å². The smallest absolute Gasteiger partial charge is 0.128 e. The molecule has 0 unspecified atom stereocenters. The second kappa shape index (κ2) is 8.52. The van der Waals surface area contributed by atoms with Gasteiger partial charge in [-0.2, -0.15) is 0 Å². The lowest BCUT2D eigenvalue weighted by molar-refractivity contribution is 0.122. The zero-order chi connectivity index (χ0) is 18.3. The van der Waals surface area contributed by atoms with Gasteiger partial charge in [-0.15, -0.1) is 0 Å². The van der Waals surface area contributed by atoms with Crippen LogP contribution in [-0.2, 0) is 4.74 Å². The fourth-order valence-electron chi connectivity index (χ4n) is 3.00. The van der Waals surface area contributed by atoms with Crippen LogP contribution in [0.1, 0.15) is 5.56 Å². The summed E-state index contributed by atoms with van der Waals surface area (Å²) in [6.07, 6.45) is 1.86. The van der Waals surface area contributed by atoms with Gasteiger partial charge in [0.2, 0.25) is 0 Å². The normalized spacial score (nSPS) is 14.4. The molecule has 0 spiro atoms. The molecule has 1 aliphatic rings. The Morgan fingerprint density at radius 1 is 0.815 bits per heavy atom. The average molecular weight is 358 g/mol. The lowest BCUT2D eigenvalue weighted by Crippen LogP contribution is -2.36. The predicted molar refractivity (Wildman–Crippen MR) is 110 cm³/mol. The van der Waals surface area contributed by atoms with Crippen molar-refractivity contribution in [1.82, 2.24) is 0 Å². The summed E-state index contributed by atoms with van der Waals surface area (Å²) >= 11 is 0. The molecule has 0 saturated carbocycles. The van der Waals surface area contributed by atoms with Crippen molar-refractivity contribution in [1.29, 1.82) is 0 Å². The molecular weight excluding hydrogens is 336 g/mol. The molecule has 3 aromatic rings. The van der Waals surface area contributed by atoms with Crippen LogP contribution >= 0.6 is 0 Å². The summed E-state index contributed by atoms with van der Waals surface area (Å²) in [7, 11) is 0. The number of nitrogens with zero attached hydrogens (tertiary/aromatic N) is 2. The molecule has 0 aromatic heterocycles. The summed E-state index contributed by atoms with van der Waals surface area (Å²) in [5.41, 5.74) is 3.15. The van der Waals surface area contributed by atoms with Gasteiger partial charge < -0.3 is 14.4 Å². The number of rotatable bonds is 5. The third-order valence-corrected chi connectivity index (χ3v) is 4.43. The maximum absolute atomic E-state index is 5.88. The Hall–Kier alpha value is -3.11. The molecule has 0 radical (unpaired) electrons. The first-order chi connectivity index (χ1) is 13.4. The fourth-order valence-corrected chi connectivity index (χ4v) is 3.00. The third-order valence-electron chi connectivity index (χ3n) is 4.43. The molecule has 1 fully saturated rings. The number of hydrogen-bond acceptors (Lipinski definition) is 4. The third kappa shape index (κ3) is 4.74. The highest BCUT2D eigenvalue weighted by Crippen LogP contribution is 2.23. The number of aliphatic imine (C=N–C) groups is 1. The van der Waals surface area contributed by atoms with E-state index in [1.54, 1.807) is 0 Å². The lowest BCUT2D eigenvalue weighted by Gasteiger charge is -2.28. The highest BCUT2D eigenvalue weighted by molar-refractivity contribution is 5.82. The van der Waals surface area contributed by atoms with E-state index < -0.39 is 0 Å². The predicted octanol–water partition coefficient (Wildman–Crippen LogP) is 5.07. The average Bonchev–Trinajstić information content (AvgIpc) is 2.74. The van der Waals surface area contributed by atoms with Gasteiger partial charge in [0.25, 0.3) is 0 Å². The van der Waals surface area contributed by atoms with Gasteiger partial charge in [-0.25, -0.2) is 0 Å². The van der Waals surface area contributed by atoms with Crippen LogP contribution in [0.3, 0.4) is 0 Å². The minimum absolute atomic E-state index is 0.793. The van der Waals surface area contributed by atoms with Crippen LogP contribution < -0.4 is 9.64 Å². The van der Waals surface area contributed by atoms with Gasteiger partial charge in [-0.05, 0) is 54.1 Å². The zero-order valence-corrected chi connectivity index (χ0v) is 15.1. The van der Waals surface area contributed by atoms with E-state index >= 15 is 0 Å². The Balaban J connectivity index is 1.42. The molecule has 1 heterocycles. The lowest BCUT2D eigenvalue weighted by atomic mass is 10.2. The van der Waals surface area contributed by atoms with Gasteiger partial charge in [0.1, 0.15) is 11.5 Å². The number of morpholine rings is 1. The van der Waals surface area contributed by atoms with E-state index in [4.69, 9.17) is 9.47 Å². The van der Waals surface area contributed by atoms with E-state index in [0.29, 0.717) is 0 Å². The largest absolute Gasteiger partial charge is 0.457 e. The van der Waals surface area contributed by atoms with Crippen LogP contribution in [-0.4, -0.2) is 32.5 Å². The molecule has 0 bridgehead atoms. The fraction of sp³-hybridized carbons (Fsp3) is 0.174. The molecule has 3 aromatic carbocycles. The van der Waals surface area contributed by atoms with Gasteiger partial charge >= 0.3 is 0 Å². The van der Waals surface area contributed by atoms with E-state index in [0.717, 1.165) is 49.1 Å². The van der Waals surface area contributed by atoms with Crippen LogP contribution in [0.25, 0.3) is 0 Å². The number of para-hydroxylation sites is 1. The van der Waals surface area contributed by atoms with Crippen molar-refractivity contribution in [3.63, 3.8) is 0 Å². The Morgan fingerprint density at radius 3 is 2.33 bits per heavy atom. The molecule has 136 valence electrons. The SMILES string of the molecule is C(=Nc1ccc(N2CCOCC2)cc1)c1cccc(Oc2ccccc2)c1. The maximum Gasteiger partial charge on any atom is 0.128 e. The molecule has 27 heavy (non-hydrogen) atoms. The van der Waals surface area contributed by atoms with Crippen molar-refractivity contribution >= 4 is 17.6 Å². The van der Waals surface area contributed by atoms with Crippen LogP contribution in [0, 0.1) is 0 Å². The van der Waals surface area contributed by atoms with Crippen molar-refractivity contribution in [3.8, 4) is 11.5 Å². The highest BCUT2D eigenvalue weighted by atomic mass is 16.5. The molecule has 4 rings (SSSR count). The topological polar surface area (TPSA) is 34.1 Å². The number of benzene rings is 3. The molecule has 4 nitrogen and oxygen atoms in total. The summed E-state index contributed by atoms with van der Waals surface area (Å²) in [4.78, 5) is 6.92. The highest BCUT2D eigenvalue weighted by Gasteiger charge is 2.10. The van der Waals surface area contributed by atoms with Gasteiger partial charge in [0, 0.05) is 25.0 Å². The first-order valence-electron chi connectivity index (χ1n) is 9.17. The van der Waals surface area contributed by atoms with E-state index in [2.05, 4.69) is 22.0 Å². The number of hydrogen-bond donors (Lipinski definition) is 0. The molecule has 0 atom stereocenters. The Morgan fingerprint density at radius 2 is 1.56 bits per heavy atom. The van der Waals surface area contributed by atoms with Crippen molar-refractivity contribution in [2.75, 3.05) is 31.2 Å². The quantitative estimate of drug-likeness (QED) is 0.598. The van der Waals surface area contributed by atoms with Crippen molar-refractivity contribution in [3.05, 3.63) is 84.4 Å². The van der Waals surface area contributed by atoms with Crippen molar-refractivity contribution < 1.29 is 9.47 Å². The standard InChI is InChI=1S/C23H22N2O2/c1-2-6-22(7-3-1)27-23-8-4-5-19(17-23)18-24-20-9-11-21(12-10-20)25-13-15-26-16-14-25/h1-12,17-18H,13-16H2. The van der Waals surface area contributed by atoms with Crippen molar-refractivity contribution in [2.45, 2.75) is 0 Å². The number of ether oxygens (including phenoxy) is 2. The molecule has 4 heteroatoms. The molecule has 1 aliphatic heterocycles. The Bertz CT molecular complexity index is 886. The van der Waals surface area contributed by atoms with Gasteiger partial charge in [-0.3, -0.25) is 4.99 Å². The molecular formula is C23H22N2O2. The van der Waals surface area contributed by atoms with E-state index in [-0.39, 0.29) is 0 Å². The van der Waals surface area contributed by atoms with Crippen LogP contribution in [0.4, 0.5) is 11.4 Å². The van der Waals surface area contributed by atoms with Gasteiger partial charge in [0.05, 0.1) is 18.9 Å². The van der Waals surface area contributed by atoms with E-state index in [1.807, 2.05) is 72.9 Å². The van der Waals surface area contributed by atoms with Gasteiger partial charge in [-0.1, -0.05) is 30.3 Å². The minimum atomic E-state index is 0.793. The second-order valence-corrected chi connectivity index (χ2v) is 6.36. The molecule has 0 N–H and O–H groups in total. The number of anilines is 1.